The molecule has 0 saturated carbocycles. The van der Waals surface area contributed by atoms with Gasteiger partial charge >= 0.3 is 0 Å². The van der Waals surface area contributed by atoms with E-state index in [1.807, 2.05) is 0 Å². The Balaban J connectivity index is 1.61. The fraction of sp³-hybridized carbons (Fsp3) is 0.458. The summed E-state index contributed by atoms with van der Waals surface area (Å²) >= 11 is 0. The summed E-state index contributed by atoms with van der Waals surface area (Å²) in [5.74, 6) is 0.0394. The highest BCUT2D eigenvalue weighted by Crippen LogP contribution is 2.27. The lowest BCUT2D eigenvalue weighted by Gasteiger charge is -2.22. The van der Waals surface area contributed by atoms with E-state index < -0.39 is 10.0 Å². The van der Waals surface area contributed by atoms with Crippen LogP contribution in [0.4, 0.5) is 5.69 Å². The van der Waals surface area contributed by atoms with Crippen LogP contribution < -0.4 is 9.62 Å². The fourth-order valence-corrected chi connectivity index (χ4v) is 5.50. The molecule has 2 aromatic rings. The summed E-state index contributed by atoms with van der Waals surface area (Å²) in [6.45, 7) is 12.0. The van der Waals surface area contributed by atoms with Gasteiger partial charge in [-0.05, 0) is 78.6 Å². The molecular weight excluding hydrogens is 396 g/mol. The molecule has 0 atom stereocenters. The largest absolute Gasteiger partial charge is 0.352 e. The number of carbonyl (C=O) groups is 1. The van der Waals surface area contributed by atoms with Crippen LogP contribution in [-0.2, 0) is 21.9 Å². The number of amides is 1. The molecule has 1 saturated heterocycles. The van der Waals surface area contributed by atoms with Gasteiger partial charge < -0.3 is 5.32 Å². The van der Waals surface area contributed by atoms with Crippen molar-refractivity contribution in [1.29, 1.82) is 0 Å². The Bertz CT molecular complexity index is 1010. The number of hydrogen-bond donors (Lipinski definition) is 1. The van der Waals surface area contributed by atoms with Gasteiger partial charge in [0.15, 0.2) is 0 Å². The zero-order valence-corrected chi connectivity index (χ0v) is 19.4. The van der Waals surface area contributed by atoms with Crippen LogP contribution in [-0.4, -0.2) is 33.2 Å². The highest BCUT2D eigenvalue weighted by molar-refractivity contribution is 7.93. The first kappa shape index (κ1) is 22.3. The molecule has 1 fully saturated rings. The van der Waals surface area contributed by atoms with E-state index >= 15 is 0 Å². The first-order valence-electron chi connectivity index (χ1n) is 10.5. The maximum atomic E-state index is 12.5. The minimum absolute atomic E-state index is 0.114. The number of anilines is 1. The molecule has 2 aromatic carbocycles. The third kappa shape index (κ3) is 4.86. The number of hydrogen-bond acceptors (Lipinski definition) is 3. The summed E-state index contributed by atoms with van der Waals surface area (Å²) in [4.78, 5) is 12.5. The van der Waals surface area contributed by atoms with Crippen LogP contribution >= 0.6 is 0 Å². The molecule has 0 unspecified atom stereocenters. The molecule has 0 spiro atoms. The van der Waals surface area contributed by atoms with Gasteiger partial charge in [-0.1, -0.05) is 32.9 Å². The van der Waals surface area contributed by atoms with E-state index in [4.69, 9.17) is 0 Å². The average Bonchev–Trinajstić information content (AvgIpc) is 3.02. The second-order valence-electron chi connectivity index (χ2n) is 9.13. The van der Waals surface area contributed by atoms with Crippen molar-refractivity contribution < 1.29 is 13.2 Å². The number of rotatable bonds is 5. The zero-order chi connectivity index (χ0) is 22.1. The van der Waals surface area contributed by atoms with Crippen LogP contribution in [0.15, 0.2) is 36.4 Å². The molecular formula is C24H32N2O3S. The van der Waals surface area contributed by atoms with Crippen LogP contribution in [0.1, 0.15) is 59.8 Å². The summed E-state index contributed by atoms with van der Waals surface area (Å²) in [5, 5.41) is 2.98. The van der Waals surface area contributed by atoms with Crippen molar-refractivity contribution in [3.8, 4) is 0 Å². The summed E-state index contributed by atoms with van der Waals surface area (Å²) in [5.41, 5.74) is 6.38. The molecule has 0 radical (unpaired) electrons. The first-order chi connectivity index (χ1) is 14.0. The lowest BCUT2D eigenvalue weighted by molar-refractivity contribution is 0.0954. The highest BCUT2D eigenvalue weighted by atomic mass is 32.2. The molecule has 1 aliphatic heterocycles. The number of nitrogens with zero attached hydrogens (tertiary/aromatic N) is 1. The molecule has 30 heavy (non-hydrogen) atoms. The molecule has 0 aromatic heterocycles. The minimum atomic E-state index is -3.21. The lowest BCUT2D eigenvalue weighted by atomic mass is 9.83. The lowest BCUT2D eigenvalue weighted by Crippen LogP contribution is -2.27. The molecule has 0 bridgehead atoms. The Labute approximate surface area is 180 Å². The number of benzene rings is 2. The van der Waals surface area contributed by atoms with Gasteiger partial charge in [-0.2, -0.15) is 0 Å². The first-order valence-corrected chi connectivity index (χ1v) is 12.1. The van der Waals surface area contributed by atoms with E-state index in [0.717, 1.165) is 6.42 Å². The Morgan fingerprint density at radius 2 is 1.67 bits per heavy atom. The summed E-state index contributed by atoms with van der Waals surface area (Å²) in [6, 6.07) is 11.3. The van der Waals surface area contributed by atoms with Gasteiger partial charge in [-0.15, -0.1) is 0 Å². The number of sulfonamides is 1. The zero-order valence-electron chi connectivity index (χ0n) is 18.6. The van der Waals surface area contributed by atoms with E-state index in [2.05, 4.69) is 52.1 Å². The predicted molar refractivity (Wildman–Crippen MR) is 123 cm³/mol. The van der Waals surface area contributed by atoms with Gasteiger partial charge in [0.2, 0.25) is 10.0 Å². The monoisotopic (exact) mass is 428 g/mol. The van der Waals surface area contributed by atoms with E-state index in [1.165, 1.54) is 26.6 Å². The van der Waals surface area contributed by atoms with Crippen molar-refractivity contribution in [2.45, 2.75) is 52.9 Å². The molecule has 3 rings (SSSR count). The van der Waals surface area contributed by atoms with Crippen molar-refractivity contribution >= 4 is 21.6 Å². The predicted octanol–water partition coefficient (Wildman–Crippen LogP) is 4.11. The number of nitrogens with one attached hydrogen (secondary N) is 1. The molecule has 1 aliphatic rings. The molecule has 1 N–H and O–H groups in total. The molecule has 5 nitrogen and oxygen atoms in total. The van der Waals surface area contributed by atoms with Gasteiger partial charge in [0.05, 0.1) is 11.4 Å². The van der Waals surface area contributed by atoms with E-state index in [0.29, 0.717) is 30.8 Å². The summed E-state index contributed by atoms with van der Waals surface area (Å²) in [7, 11) is -3.21. The maximum Gasteiger partial charge on any atom is 0.251 e. The van der Waals surface area contributed by atoms with Crippen molar-refractivity contribution in [3.05, 3.63) is 64.2 Å². The van der Waals surface area contributed by atoms with Crippen molar-refractivity contribution in [1.82, 2.24) is 5.32 Å². The molecule has 1 heterocycles. The maximum absolute atomic E-state index is 12.5. The van der Waals surface area contributed by atoms with Gasteiger partial charge in [0.25, 0.3) is 5.91 Å². The quantitative estimate of drug-likeness (QED) is 0.779. The standard InChI is InChI=1S/C24H32N2O3S/c1-17-15-20(24(3,4)5)16-18(2)22(17)11-12-25-23(27)19-7-9-21(10-8-19)26-13-6-14-30(26,28)29/h7-10,15-16H,6,11-14H2,1-5H3,(H,25,27). The molecule has 0 aliphatic carbocycles. The second kappa shape index (κ2) is 8.42. The van der Waals surface area contributed by atoms with E-state index in [9.17, 15) is 13.2 Å². The second-order valence-corrected chi connectivity index (χ2v) is 11.1. The van der Waals surface area contributed by atoms with Crippen LogP contribution in [0.25, 0.3) is 0 Å². The third-order valence-electron chi connectivity index (χ3n) is 5.74. The smallest absolute Gasteiger partial charge is 0.251 e. The molecule has 1 amide bonds. The summed E-state index contributed by atoms with van der Waals surface area (Å²) in [6.07, 6.45) is 1.41. The molecule has 162 valence electrons. The van der Waals surface area contributed by atoms with E-state index in [1.54, 1.807) is 24.3 Å². The molecule has 6 heteroatoms. The van der Waals surface area contributed by atoms with Crippen LogP contribution in [0.2, 0.25) is 0 Å². The van der Waals surface area contributed by atoms with Gasteiger partial charge in [0, 0.05) is 18.7 Å². The SMILES string of the molecule is Cc1cc(C(C)(C)C)cc(C)c1CCNC(=O)c1ccc(N2CCCS2(=O)=O)cc1. The van der Waals surface area contributed by atoms with Gasteiger partial charge in [0.1, 0.15) is 0 Å². The normalized spacial score (nSPS) is 16.0. The Kier molecular flexibility index (Phi) is 6.27. The van der Waals surface area contributed by atoms with Gasteiger partial charge in [-0.3, -0.25) is 9.10 Å². The van der Waals surface area contributed by atoms with Crippen LogP contribution in [0.5, 0.6) is 0 Å². The number of carbonyl (C=O) groups excluding carboxylic acids is 1. The summed E-state index contributed by atoms with van der Waals surface area (Å²) < 4.78 is 25.5. The van der Waals surface area contributed by atoms with Crippen molar-refractivity contribution in [2.75, 3.05) is 23.1 Å². The Hall–Kier alpha value is -2.34. The third-order valence-corrected chi connectivity index (χ3v) is 7.61. The van der Waals surface area contributed by atoms with E-state index in [-0.39, 0.29) is 17.1 Å². The fourth-order valence-electron chi connectivity index (χ4n) is 3.93. The average molecular weight is 429 g/mol. The van der Waals surface area contributed by atoms with Crippen molar-refractivity contribution in [2.24, 2.45) is 0 Å². The Morgan fingerprint density at radius 3 is 2.17 bits per heavy atom. The minimum Gasteiger partial charge on any atom is -0.352 e. The van der Waals surface area contributed by atoms with Crippen LogP contribution in [0, 0.1) is 13.8 Å². The number of aryl methyl sites for hydroxylation is 2. The Morgan fingerprint density at radius 1 is 1.07 bits per heavy atom. The van der Waals surface area contributed by atoms with Crippen LogP contribution in [0.3, 0.4) is 0 Å². The van der Waals surface area contributed by atoms with Crippen molar-refractivity contribution in [3.63, 3.8) is 0 Å². The van der Waals surface area contributed by atoms with Gasteiger partial charge in [-0.25, -0.2) is 8.42 Å². The topological polar surface area (TPSA) is 66.5 Å². The highest BCUT2D eigenvalue weighted by Gasteiger charge is 2.28.